The fraction of sp³-hybridized carbons (Fsp3) is 0. The smallest absolute Gasteiger partial charge is 0.00262 e. The quantitative estimate of drug-likeness (QED) is 0.181. The highest BCUT2D eigenvalue weighted by Gasteiger charge is 2.16. The van der Waals surface area contributed by atoms with Gasteiger partial charge in [-0.15, -0.1) is 0 Å². The van der Waals surface area contributed by atoms with E-state index in [-0.39, 0.29) is 0 Å². The molecule has 0 amide bonds. The molecule has 0 aliphatic rings. The Balaban J connectivity index is 1.16. The lowest BCUT2D eigenvalue weighted by molar-refractivity contribution is 1.62. The molecule has 9 aromatic carbocycles. The first-order valence-electron chi connectivity index (χ1n) is 15.9. The highest BCUT2D eigenvalue weighted by Crippen LogP contribution is 2.44. The van der Waals surface area contributed by atoms with E-state index in [1.807, 2.05) is 0 Å². The van der Waals surface area contributed by atoms with Crippen LogP contribution in [-0.4, -0.2) is 0 Å². The molecule has 0 spiro atoms. The van der Waals surface area contributed by atoms with E-state index in [9.17, 15) is 0 Å². The molecule has 0 saturated heterocycles. The molecule has 0 aliphatic carbocycles. The third-order valence-electron chi connectivity index (χ3n) is 9.40. The minimum absolute atomic E-state index is 1.22. The Morgan fingerprint density at radius 3 is 1.13 bits per heavy atom. The zero-order valence-electron chi connectivity index (χ0n) is 25.3. The first-order chi connectivity index (χ1) is 22.8. The van der Waals surface area contributed by atoms with Gasteiger partial charge in [-0.3, -0.25) is 0 Å². The van der Waals surface area contributed by atoms with E-state index >= 15 is 0 Å². The van der Waals surface area contributed by atoms with E-state index < -0.39 is 0 Å². The van der Waals surface area contributed by atoms with Gasteiger partial charge in [0.15, 0.2) is 0 Å². The van der Waals surface area contributed by atoms with Crippen LogP contribution in [0.2, 0.25) is 0 Å². The predicted molar refractivity (Wildman–Crippen MR) is 198 cm³/mol. The van der Waals surface area contributed by atoms with Crippen LogP contribution in [-0.2, 0) is 0 Å². The Hall–Kier alpha value is -5.98. The van der Waals surface area contributed by atoms with Crippen LogP contribution in [0.5, 0.6) is 0 Å². The standard InChI is InChI=1S/C46H30/c1-2-12-32(13-3-1)45-41-17-6-8-19-43(41)46(44-20-9-7-18-42(44)45)40-16-10-15-34(30-40)35-23-24-39-29-38(26-25-37(39)28-35)36-22-21-31-11-4-5-14-33(31)27-36/h1-30H. The van der Waals surface area contributed by atoms with Gasteiger partial charge in [-0.05, 0) is 112 Å². The summed E-state index contributed by atoms with van der Waals surface area (Å²) in [6, 6.07) is 66.5. The summed E-state index contributed by atoms with van der Waals surface area (Å²) in [5, 5.41) is 10.1. The Morgan fingerprint density at radius 2 is 0.565 bits per heavy atom. The number of fused-ring (bicyclic) bond motifs is 4. The maximum Gasteiger partial charge on any atom is -0.00262 e. The minimum atomic E-state index is 1.22. The second-order valence-electron chi connectivity index (χ2n) is 12.1. The molecule has 0 fully saturated rings. The maximum atomic E-state index is 2.36. The number of hydrogen-bond acceptors (Lipinski definition) is 0. The van der Waals surface area contributed by atoms with Gasteiger partial charge in [0.25, 0.3) is 0 Å². The van der Waals surface area contributed by atoms with Gasteiger partial charge in [-0.25, -0.2) is 0 Å². The van der Waals surface area contributed by atoms with Gasteiger partial charge in [-0.1, -0.05) is 158 Å². The summed E-state index contributed by atoms with van der Waals surface area (Å²) in [4.78, 5) is 0. The van der Waals surface area contributed by atoms with Gasteiger partial charge in [0.1, 0.15) is 0 Å². The van der Waals surface area contributed by atoms with Crippen molar-refractivity contribution in [2.45, 2.75) is 0 Å². The molecular formula is C46H30. The third-order valence-corrected chi connectivity index (χ3v) is 9.40. The average Bonchev–Trinajstić information content (AvgIpc) is 3.13. The van der Waals surface area contributed by atoms with Crippen molar-refractivity contribution < 1.29 is 0 Å². The van der Waals surface area contributed by atoms with Gasteiger partial charge in [0.05, 0.1) is 0 Å². The molecule has 0 aromatic heterocycles. The van der Waals surface area contributed by atoms with E-state index in [0.29, 0.717) is 0 Å². The predicted octanol–water partition coefficient (Wildman–Crippen LogP) is 13.0. The molecule has 0 nitrogen and oxygen atoms in total. The van der Waals surface area contributed by atoms with Crippen LogP contribution in [0.3, 0.4) is 0 Å². The SMILES string of the molecule is c1ccc(-c2c3ccccc3c(-c3cccc(-c4ccc5cc(-c6ccc7ccccc7c6)ccc5c4)c3)c3ccccc23)cc1. The first kappa shape index (κ1) is 26.4. The molecule has 0 radical (unpaired) electrons. The molecule has 0 heteroatoms. The second kappa shape index (κ2) is 10.9. The molecule has 0 heterocycles. The van der Waals surface area contributed by atoms with Crippen molar-refractivity contribution in [3.05, 3.63) is 182 Å². The highest BCUT2D eigenvalue weighted by atomic mass is 14.2. The first-order valence-corrected chi connectivity index (χ1v) is 15.9. The summed E-state index contributed by atoms with van der Waals surface area (Å²) in [6.45, 7) is 0. The molecule has 46 heavy (non-hydrogen) atoms. The van der Waals surface area contributed by atoms with Crippen molar-refractivity contribution in [2.75, 3.05) is 0 Å². The van der Waals surface area contributed by atoms with Crippen molar-refractivity contribution in [1.29, 1.82) is 0 Å². The molecule has 0 atom stereocenters. The van der Waals surface area contributed by atoms with Gasteiger partial charge in [-0.2, -0.15) is 0 Å². The largest absolute Gasteiger partial charge is 0.0622 e. The van der Waals surface area contributed by atoms with E-state index in [4.69, 9.17) is 0 Å². The summed E-state index contributed by atoms with van der Waals surface area (Å²) in [6.07, 6.45) is 0. The van der Waals surface area contributed by atoms with Crippen LogP contribution >= 0.6 is 0 Å². The second-order valence-corrected chi connectivity index (χ2v) is 12.1. The van der Waals surface area contributed by atoms with E-state index in [1.165, 1.54) is 87.6 Å². The zero-order chi connectivity index (χ0) is 30.5. The molecule has 0 aliphatic heterocycles. The number of hydrogen-bond donors (Lipinski definition) is 0. The Kier molecular flexibility index (Phi) is 6.25. The highest BCUT2D eigenvalue weighted by molar-refractivity contribution is 6.21. The topological polar surface area (TPSA) is 0 Å². The van der Waals surface area contributed by atoms with Gasteiger partial charge >= 0.3 is 0 Å². The van der Waals surface area contributed by atoms with Crippen LogP contribution in [0.4, 0.5) is 0 Å². The van der Waals surface area contributed by atoms with Gasteiger partial charge < -0.3 is 0 Å². The molecule has 9 aromatic rings. The van der Waals surface area contributed by atoms with Crippen molar-refractivity contribution in [3.63, 3.8) is 0 Å². The molecule has 0 N–H and O–H groups in total. The van der Waals surface area contributed by atoms with E-state index in [2.05, 4.69) is 182 Å². The van der Waals surface area contributed by atoms with Crippen molar-refractivity contribution in [1.82, 2.24) is 0 Å². The van der Waals surface area contributed by atoms with Crippen LogP contribution in [0, 0.1) is 0 Å². The lowest BCUT2D eigenvalue weighted by Gasteiger charge is -2.18. The Bertz CT molecular complexity index is 2520. The average molecular weight is 583 g/mol. The molecule has 0 saturated carbocycles. The van der Waals surface area contributed by atoms with Crippen LogP contribution in [0.15, 0.2) is 182 Å². The summed E-state index contributed by atoms with van der Waals surface area (Å²) in [5.74, 6) is 0. The minimum Gasteiger partial charge on any atom is -0.0622 e. The fourth-order valence-electron chi connectivity index (χ4n) is 7.18. The zero-order valence-corrected chi connectivity index (χ0v) is 25.3. The van der Waals surface area contributed by atoms with Crippen molar-refractivity contribution >= 4 is 43.1 Å². The molecular weight excluding hydrogens is 553 g/mol. The Labute approximate surface area is 268 Å². The molecule has 0 bridgehead atoms. The monoisotopic (exact) mass is 582 g/mol. The Morgan fingerprint density at radius 1 is 0.196 bits per heavy atom. The maximum absolute atomic E-state index is 2.36. The molecule has 0 unspecified atom stereocenters. The number of rotatable bonds is 4. The summed E-state index contributed by atoms with van der Waals surface area (Å²) >= 11 is 0. The van der Waals surface area contributed by atoms with Crippen LogP contribution < -0.4 is 0 Å². The number of benzene rings is 9. The van der Waals surface area contributed by atoms with E-state index in [0.717, 1.165) is 0 Å². The van der Waals surface area contributed by atoms with Gasteiger partial charge in [0, 0.05) is 0 Å². The molecule has 9 rings (SSSR count). The van der Waals surface area contributed by atoms with Crippen LogP contribution in [0.1, 0.15) is 0 Å². The summed E-state index contributed by atoms with van der Waals surface area (Å²) in [7, 11) is 0. The summed E-state index contributed by atoms with van der Waals surface area (Å²) < 4.78 is 0. The normalized spacial score (nSPS) is 11.5. The third kappa shape index (κ3) is 4.47. The van der Waals surface area contributed by atoms with E-state index in [1.54, 1.807) is 0 Å². The van der Waals surface area contributed by atoms with Crippen molar-refractivity contribution in [3.8, 4) is 44.5 Å². The lowest BCUT2D eigenvalue weighted by atomic mass is 9.85. The van der Waals surface area contributed by atoms with Crippen molar-refractivity contribution in [2.24, 2.45) is 0 Å². The lowest BCUT2D eigenvalue weighted by Crippen LogP contribution is -1.91. The molecule has 214 valence electrons. The van der Waals surface area contributed by atoms with Gasteiger partial charge in [0.2, 0.25) is 0 Å². The van der Waals surface area contributed by atoms with Crippen LogP contribution in [0.25, 0.3) is 87.6 Å². The fourth-order valence-corrected chi connectivity index (χ4v) is 7.18. The summed E-state index contributed by atoms with van der Waals surface area (Å²) in [5.41, 5.74) is 9.99.